The molecule has 0 aliphatic heterocycles. The lowest BCUT2D eigenvalue weighted by atomic mass is 10.1. The molecule has 0 radical (unpaired) electrons. The molecule has 0 aromatic rings. The van der Waals surface area contributed by atoms with Crippen molar-refractivity contribution in [2.45, 2.75) is 127 Å². The SMILES string of the molecule is CC(C(C)S(=O)(=O)NCCCCCCCCCC#N)S(=O)(=O)NCCCCCCCCCC#N. The van der Waals surface area contributed by atoms with Gasteiger partial charge >= 0.3 is 0 Å². The first-order valence-electron chi connectivity index (χ1n) is 12.9. The second-order valence-corrected chi connectivity index (χ2v) is 13.3. The number of hydrogen-bond acceptors (Lipinski definition) is 6. The lowest BCUT2D eigenvalue weighted by molar-refractivity contribution is 0.536. The van der Waals surface area contributed by atoms with Crippen LogP contribution >= 0.6 is 0 Å². The van der Waals surface area contributed by atoms with Crippen LogP contribution in [0.2, 0.25) is 0 Å². The van der Waals surface area contributed by atoms with Crippen molar-refractivity contribution in [3.8, 4) is 12.1 Å². The van der Waals surface area contributed by atoms with E-state index in [1.54, 1.807) is 0 Å². The standard InChI is InChI=1S/C24H46N4O4S2/c1-23(33(29,30)27-21-17-13-9-5-3-7-11-15-19-25)24(2)34(31,32)28-22-18-14-10-6-4-8-12-16-20-26/h23-24,27-28H,3-18,21-22H2,1-2H3. The van der Waals surface area contributed by atoms with Gasteiger partial charge in [-0.3, -0.25) is 0 Å². The molecule has 2 atom stereocenters. The van der Waals surface area contributed by atoms with Crippen molar-refractivity contribution in [3.05, 3.63) is 0 Å². The average Bonchev–Trinajstić information content (AvgIpc) is 2.80. The summed E-state index contributed by atoms with van der Waals surface area (Å²) < 4.78 is 55.3. The summed E-state index contributed by atoms with van der Waals surface area (Å²) in [5, 5.41) is 14.9. The molecule has 0 fully saturated rings. The smallest absolute Gasteiger partial charge is 0.215 e. The van der Waals surface area contributed by atoms with Gasteiger partial charge in [0.15, 0.2) is 0 Å². The Morgan fingerprint density at radius 1 is 0.529 bits per heavy atom. The van der Waals surface area contributed by atoms with E-state index in [1.165, 1.54) is 13.8 Å². The minimum atomic E-state index is -3.72. The third-order valence-electron chi connectivity index (χ3n) is 6.18. The van der Waals surface area contributed by atoms with Crippen molar-refractivity contribution >= 4 is 20.0 Å². The van der Waals surface area contributed by atoms with E-state index < -0.39 is 30.5 Å². The number of nitrogens with zero attached hydrogens (tertiary/aromatic N) is 2. The molecule has 0 bridgehead atoms. The molecule has 198 valence electrons. The zero-order valence-corrected chi connectivity index (χ0v) is 22.9. The Hall–Kier alpha value is -1.20. The largest absolute Gasteiger partial charge is 0.215 e. The molecule has 0 spiro atoms. The Morgan fingerprint density at radius 3 is 1.09 bits per heavy atom. The predicted molar refractivity (Wildman–Crippen MR) is 138 cm³/mol. The molecule has 0 heterocycles. The van der Waals surface area contributed by atoms with Crippen LogP contribution in [0, 0.1) is 22.7 Å². The normalized spacial score (nSPS) is 13.8. The molecule has 0 saturated heterocycles. The molecular formula is C24H46N4O4S2. The van der Waals surface area contributed by atoms with Gasteiger partial charge in [-0.15, -0.1) is 0 Å². The van der Waals surface area contributed by atoms with E-state index in [4.69, 9.17) is 10.5 Å². The van der Waals surface area contributed by atoms with E-state index in [0.29, 0.717) is 25.9 Å². The van der Waals surface area contributed by atoms with Gasteiger partial charge in [-0.1, -0.05) is 64.2 Å². The van der Waals surface area contributed by atoms with E-state index in [0.717, 1.165) is 89.9 Å². The van der Waals surface area contributed by atoms with Gasteiger partial charge in [0, 0.05) is 25.9 Å². The molecule has 10 heteroatoms. The summed E-state index contributed by atoms with van der Waals surface area (Å²) in [6, 6.07) is 4.28. The topological polar surface area (TPSA) is 140 Å². The van der Waals surface area contributed by atoms with Crippen molar-refractivity contribution in [2.75, 3.05) is 13.1 Å². The fourth-order valence-electron chi connectivity index (χ4n) is 3.62. The van der Waals surface area contributed by atoms with Gasteiger partial charge in [0.25, 0.3) is 0 Å². The third kappa shape index (κ3) is 16.4. The van der Waals surface area contributed by atoms with Crippen LogP contribution in [0.3, 0.4) is 0 Å². The maximum Gasteiger partial charge on any atom is 0.215 e. The third-order valence-corrected chi connectivity index (χ3v) is 10.3. The molecule has 0 aliphatic rings. The number of unbranched alkanes of at least 4 members (excludes halogenated alkanes) is 14. The van der Waals surface area contributed by atoms with Crippen LogP contribution < -0.4 is 9.44 Å². The van der Waals surface area contributed by atoms with Crippen molar-refractivity contribution in [3.63, 3.8) is 0 Å². The highest BCUT2D eigenvalue weighted by Gasteiger charge is 2.34. The first-order chi connectivity index (χ1) is 16.2. The van der Waals surface area contributed by atoms with Gasteiger partial charge < -0.3 is 0 Å². The number of nitrogens with one attached hydrogen (secondary N) is 2. The Morgan fingerprint density at radius 2 is 0.794 bits per heavy atom. The minimum Gasteiger partial charge on any atom is -0.215 e. The molecule has 8 nitrogen and oxygen atoms in total. The quantitative estimate of drug-likeness (QED) is 0.185. The minimum absolute atomic E-state index is 0.317. The van der Waals surface area contributed by atoms with Crippen LogP contribution in [0.1, 0.15) is 117 Å². The zero-order chi connectivity index (χ0) is 25.7. The van der Waals surface area contributed by atoms with Crippen molar-refractivity contribution in [2.24, 2.45) is 0 Å². The van der Waals surface area contributed by atoms with Crippen molar-refractivity contribution in [1.29, 1.82) is 10.5 Å². The van der Waals surface area contributed by atoms with E-state index >= 15 is 0 Å². The van der Waals surface area contributed by atoms with Crippen LogP contribution in [-0.4, -0.2) is 40.4 Å². The molecule has 0 saturated carbocycles. The Kier molecular flexibility index (Phi) is 19.3. The fraction of sp³-hybridized carbons (Fsp3) is 0.917. The molecule has 2 N–H and O–H groups in total. The number of sulfonamides is 2. The zero-order valence-electron chi connectivity index (χ0n) is 21.2. The fourth-order valence-corrected chi connectivity index (χ4v) is 6.89. The lowest BCUT2D eigenvalue weighted by Crippen LogP contribution is -2.46. The van der Waals surface area contributed by atoms with Crippen molar-refractivity contribution < 1.29 is 16.8 Å². The van der Waals surface area contributed by atoms with Crippen LogP contribution in [0.4, 0.5) is 0 Å². The predicted octanol–water partition coefficient (Wildman–Crippen LogP) is 4.89. The summed E-state index contributed by atoms with van der Waals surface area (Å²) in [4.78, 5) is 0. The lowest BCUT2D eigenvalue weighted by Gasteiger charge is -2.21. The summed E-state index contributed by atoms with van der Waals surface area (Å²) in [6.07, 6.45) is 14.9. The van der Waals surface area contributed by atoms with E-state index in [2.05, 4.69) is 21.6 Å². The summed E-state index contributed by atoms with van der Waals surface area (Å²) in [7, 11) is -7.45. The maximum atomic E-state index is 12.5. The Bertz CT molecular complexity index is 734. The number of nitriles is 2. The first kappa shape index (κ1) is 32.8. The summed E-state index contributed by atoms with van der Waals surface area (Å²) >= 11 is 0. The molecule has 0 amide bonds. The summed E-state index contributed by atoms with van der Waals surface area (Å²) in [5.74, 6) is 0. The Balaban J connectivity index is 4.07. The molecule has 0 aromatic carbocycles. The monoisotopic (exact) mass is 518 g/mol. The van der Waals surface area contributed by atoms with E-state index in [-0.39, 0.29) is 0 Å². The summed E-state index contributed by atoms with van der Waals surface area (Å²) in [5.41, 5.74) is 0. The molecule has 2 unspecified atom stereocenters. The maximum absolute atomic E-state index is 12.5. The molecular weight excluding hydrogens is 472 g/mol. The first-order valence-corrected chi connectivity index (χ1v) is 16.0. The van der Waals surface area contributed by atoms with Gasteiger partial charge in [0.1, 0.15) is 0 Å². The average molecular weight is 519 g/mol. The highest BCUT2D eigenvalue weighted by Crippen LogP contribution is 2.14. The van der Waals surface area contributed by atoms with Gasteiger partial charge in [0.05, 0.1) is 22.6 Å². The van der Waals surface area contributed by atoms with E-state index in [9.17, 15) is 16.8 Å². The number of rotatable bonds is 23. The van der Waals surface area contributed by atoms with Crippen molar-refractivity contribution in [1.82, 2.24) is 9.44 Å². The van der Waals surface area contributed by atoms with Gasteiger partial charge in [0.2, 0.25) is 20.0 Å². The molecule has 0 aromatic heterocycles. The highest BCUT2D eigenvalue weighted by molar-refractivity contribution is 7.94. The van der Waals surface area contributed by atoms with Gasteiger partial charge in [-0.25, -0.2) is 26.3 Å². The number of hydrogen-bond donors (Lipinski definition) is 2. The second-order valence-electron chi connectivity index (χ2n) is 9.05. The van der Waals surface area contributed by atoms with Gasteiger partial charge in [-0.05, 0) is 39.5 Å². The Labute approximate surface area is 209 Å². The van der Waals surface area contributed by atoms with E-state index in [1.807, 2.05) is 0 Å². The van der Waals surface area contributed by atoms with Crippen LogP contribution in [0.15, 0.2) is 0 Å². The second kappa shape index (κ2) is 20.0. The van der Waals surface area contributed by atoms with Gasteiger partial charge in [-0.2, -0.15) is 10.5 Å². The molecule has 0 rings (SSSR count). The molecule has 34 heavy (non-hydrogen) atoms. The van der Waals surface area contributed by atoms with Crippen LogP contribution in [0.5, 0.6) is 0 Å². The highest BCUT2D eigenvalue weighted by atomic mass is 32.2. The van der Waals surface area contributed by atoms with Crippen LogP contribution in [0.25, 0.3) is 0 Å². The molecule has 0 aliphatic carbocycles. The summed E-state index contributed by atoms with van der Waals surface area (Å²) in [6.45, 7) is 3.52. The van der Waals surface area contributed by atoms with Crippen LogP contribution in [-0.2, 0) is 20.0 Å².